The molecule has 0 spiro atoms. The molecule has 0 fully saturated rings. The minimum absolute atomic E-state index is 0.0453. The van der Waals surface area contributed by atoms with Crippen molar-refractivity contribution in [2.24, 2.45) is 5.73 Å². The Balaban J connectivity index is 2.38. The minimum atomic E-state index is -0.221. The van der Waals surface area contributed by atoms with Gasteiger partial charge in [0.1, 0.15) is 5.82 Å². The van der Waals surface area contributed by atoms with Gasteiger partial charge in [-0.1, -0.05) is 35.9 Å². The third-order valence-corrected chi connectivity index (χ3v) is 3.38. The Labute approximate surface area is 118 Å². The van der Waals surface area contributed by atoms with Gasteiger partial charge in [0.2, 0.25) is 0 Å². The number of halogens is 2. The van der Waals surface area contributed by atoms with Crippen molar-refractivity contribution in [3.8, 4) is 0 Å². The van der Waals surface area contributed by atoms with E-state index in [0.717, 1.165) is 17.5 Å². The van der Waals surface area contributed by atoms with Crippen LogP contribution in [0.3, 0.4) is 0 Å². The summed E-state index contributed by atoms with van der Waals surface area (Å²) in [6.07, 6.45) is 0.769. The van der Waals surface area contributed by atoms with Crippen LogP contribution in [0.15, 0.2) is 48.5 Å². The van der Waals surface area contributed by atoms with Gasteiger partial charge in [0.05, 0.1) is 0 Å². The highest BCUT2D eigenvalue weighted by Gasteiger charge is 2.16. The highest BCUT2D eigenvalue weighted by atomic mass is 35.5. The predicted octanol–water partition coefficient (Wildman–Crippen LogP) is 4.35. The van der Waals surface area contributed by atoms with E-state index < -0.39 is 0 Å². The molecular formula is C16H17ClFN. The first-order chi connectivity index (χ1) is 9.06. The molecule has 0 heterocycles. The Morgan fingerprint density at radius 1 is 1.11 bits per heavy atom. The van der Waals surface area contributed by atoms with Gasteiger partial charge in [-0.3, -0.25) is 0 Å². The maximum atomic E-state index is 13.4. The van der Waals surface area contributed by atoms with Gasteiger partial charge in [-0.15, -0.1) is 0 Å². The molecule has 0 aliphatic heterocycles. The van der Waals surface area contributed by atoms with E-state index in [0.29, 0.717) is 5.02 Å². The lowest BCUT2D eigenvalue weighted by Crippen LogP contribution is -2.19. The summed E-state index contributed by atoms with van der Waals surface area (Å²) in [5.41, 5.74) is 7.96. The molecule has 0 aromatic heterocycles. The summed E-state index contributed by atoms with van der Waals surface area (Å²) in [6, 6.07) is 14.4. The van der Waals surface area contributed by atoms with E-state index in [1.54, 1.807) is 12.1 Å². The second kappa shape index (κ2) is 6.18. The topological polar surface area (TPSA) is 26.0 Å². The number of hydrogen-bond donors (Lipinski definition) is 1. The van der Waals surface area contributed by atoms with Gasteiger partial charge in [-0.05, 0) is 48.7 Å². The van der Waals surface area contributed by atoms with Crippen LogP contribution < -0.4 is 5.73 Å². The second-order valence-electron chi connectivity index (χ2n) is 4.87. The smallest absolute Gasteiger partial charge is 0.123 e. The molecular weight excluding hydrogens is 261 g/mol. The second-order valence-corrected chi connectivity index (χ2v) is 5.31. The van der Waals surface area contributed by atoms with E-state index >= 15 is 0 Å². The third-order valence-electron chi connectivity index (χ3n) is 3.13. The molecule has 2 N–H and O–H groups in total. The Bertz CT molecular complexity index is 537. The van der Waals surface area contributed by atoms with Crippen molar-refractivity contribution in [2.75, 3.05) is 0 Å². The summed E-state index contributed by atoms with van der Waals surface area (Å²) >= 11 is 5.91. The first-order valence-electron chi connectivity index (χ1n) is 6.33. The first kappa shape index (κ1) is 14.0. The number of benzene rings is 2. The van der Waals surface area contributed by atoms with Gasteiger partial charge in [-0.2, -0.15) is 0 Å². The van der Waals surface area contributed by atoms with Crippen LogP contribution >= 0.6 is 11.6 Å². The molecule has 19 heavy (non-hydrogen) atoms. The van der Waals surface area contributed by atoms with Gasteiger partial charge in [0.15, 0.2) is 0 Å². The highest BCUT2D eigenvalue weighted by Crippen LogP contribution is 2.30. The fraction of sp³-hybridized carbons (Fsp3) is 0.250. The van der Waals surface area contributed by atoms with E-state index in [1.807, 2.05) is 37.3 Å². The van der Waals surface area contributed by atoms with E-state index in [4.69, 9.17) is 17.3 Å². The lowest BCUT2D eigenvalue weighted by atomic mass is 9.86. The summed E-state index contributed by atoms with van der Waals surface area (Å²) in [6.45, 7) is 1.96. The molecule has 0 radical (unpaired) electrons. The van der Waals surface area contributed by atoms with Crippen molar-refractivity contribution in [1.29, 1.82) is 0 Å². The first-order valence-corrected chi connectivity index (χ1v) is 6.70. The van der Waals surface area contributed by atoms with Crippen LogP contribution in [0, 0.1) is 5.82 Å². The Hall–Kier alpha value is -1.38. The van der Waals surface area contributed by atoms with Crippen molar-refractivity contribution in [1.82, 2.24) is 0 Å². The van der Waals surface area contributed by atoms with Crippen LogP contribution in [0.2, 0.25) is 5.02 Å². The molecule has 0 saturated carbocycles. The van der Waals surface area contributed by atoms with Gasteiger partial charge in [0, 0.05) is 17.0 Å². The van der Waals surface area contributed by atoms with Crippen LogP contribution in [-0.4, -0.2) is 6.04 Å². The third kappa shape index (κ3) is 3.79. The molecule has 1 unspecified atom stereocenters. The highest BCUT2D eigenvalue weighted by molar-refractivity contribution is 6.30. The molecule has 2 aromatic rings. The average molecular weight is 278 g/mol. The summed E-state index contributed by atoms with van der Waals surface area (Å²) in [7, 11) is 0. The standard InChI is InChI=1S/C16H17ClFN/c1-11(19)9-16(12-5-7-14(17)8-6-12)13-3-2-4-15(18)10-13/h2-8,10-11,16H,9,19H2,1H3/t11-,16?/m1/s1. The van der Waals surface area contributed by atoms with Crippen molar-refractivity contribution in [3.05, 3.63) is 70.5 Å². The van der Waals surface area contributed by atoms with E-state index in [2.05, 4.69) is 0 Å². The van der Waals surface area contributed by atoms with E-state index in [-0.39, 0.29) is 17.8 Å². The predicted molar refractivity (Wildman–Crippen MR) is 78.0 cm³/mol. The summed E-state index contributed by atoms with van der Waals surface area (Å²) < 4.78 is 13.4. The lowest BCUT2D eigenvalue weighted by Gasteiger charge is -2.20. The van der Waals surface area contributed by atoms with Gasteiger partial charge >= 0.3 is 0 Å². The number of nitrogens with two attached hydrogens (primary N) is 1. The normalized spacial score (nSPS) is 14.1. The quantitative estimate of drug-likeness (QED) is 0.883. The zero-order chi connectivity index (χ0) is 13.8. The minimum Gasteiger partial charge on any atom is -0.328 e. The van der Waals surface area contributed by atoms with Crippen LogP contribution in [0.5, 0.6) is 0 Å². The molecule has 1 nitrogen and oxygen atoms in total. The lowest BCUT2D eigenvalue weighted by molar-refractivity contribution is 0.594. The van der Waals surface area contributed by atoms with Crippen molar-refractivity contribution in [2.45, 2.75) is 25.3 Å². The summed E-state index contributed by atoms with van der Waals surface area (Å²) in [5.74, 6) is -0.130. The monoisotopic (exact) mass is 277 g/mol. The van der Waals surface area contributed by atoms with Gasteiger partial charge < -0.3 is 5.73 Å². The number of hydrogen-bond acceptors (Lipinski definition) is 1. The molecule has 3 heteroatoms. The molecule has 0 saturated heterocycles. The molecule has 2 rings (SSSR count). The van der Waals surface area contributed by atoms with E-state index in [1.165, 1.54) is 6.07 Å². The largest absolute Gasteiger partial charge is 0.328 e. The average Bonchev–Trinajstić information content (AvgIpc) is 2.37. The van der Waals surface area contributed by atoms with Crippen LogP contribution in [0.4, 0.5) is 4.39 Å². The molecule has 0 amide bonds. The molecule has 2 atom stereocenters. The fourth-order valence-electron chi connectivity index (χ4n) is 2.25. The van der Waals surface area contributed by atoms with Crippen molar-refractivity contribution >= 4 is 11.6 Å². The Kier molecular flexibility index (Phi) is 4.56. The zero-order valence-corrected chi connectivity index (χ0v) is 11.6. The van der Waals surface area contributed by atoms with Crippen molar-refractivity contribution in [3.63, 3.8) is 0 Å². The maximum absolute atomic E-state index is 13.4. The Morgan fingerprint density at radius 3 is 2.37 bits per heavy atom. The molecule has 0 aliphatic rings. The van der Waals surface area contributed by atoms with Crippen LogP contribution in [0.1, 0.15) is 30.4 Å². The van der Waals surface area contributed by atoms with Gasteiger partial charge in [-0.25, -0.2) is 4.39 Å². The maximum Gasteiger partial charge on any atom is 0.123 e. The van der Waals surface area contributed by atoms with E-state index in [9.17, 15) is 4.39 Å². The zero-order valence-electron chi connectivity index (χ0n) is 10.8. The summed E-state index contributed by atoms with van der Waals surface area (Å²) in [5, 5.41) is 0.697. The molecule has 2 aromatic carbocycles. The summed E-state index contributed by atoms with van der Waals surface area (Å²) in [4.78, 5) is 0. The Morgan fingerprint density at radius 2 is 1.79 bits per heavy atom. The SMILES string of the molecule is C[C@@H](N)CC(c1ccc(Cl)cc1)c1cccc(F)c1. The molecule has 100 valence electrons. The molecule has 0 bridgehead atoms. The van der Waals surface area contributed by atoms with Crippen LogP contribution in [-0.2, 0) is 0 Å². The van der Waals surface area contributed by atoms with Crippen molar-refractivity contribution < 1.29 is 4.39 Å². The van der Waals surface area contributed by atoms with Crippen LogP contribution in [0.25, 0.3) is 0 Å². The fourth-order valence-corrected chi connectivity index (χ4v) is 2.38. The molecule has 0 aliphatic carbocycles. The van der Waals surface area contributed by atoms with Gasteiger partial charge in [0.25, 0.3) is 0 Å². The number of rotatable bonds is 4.